The summed E-state index contributed by atoms with van der Waals surface area (Å²) in [5, 5.41) is 12.9. The molecular formula is C18H21N3O6. The number of rotatable bonds is 6. The number of carboxylic acids is 1. The summed E-state index contributed by atoms with van der Waals surface area (Å²) in [6.07, 6.45) is 5.72. The average molecular weight is 375 g/mol. The standard InChI is InChI=1S/C18H21N3O6/c1-3-25-18(24)11-5-4-6-12(7-11)26-14-9-19-13(8-20-14)16-15(17(22)23)10(2)21-27-16/h8-9,11-12H,3-7H2,1-2H3,(H,22,23)/t11-,12-/m0/s1. The van der Waals surface area contributed by atoms with Gasteiger partial charge < -0.3 is 19.1 Å². The number of nitrogens with zero attached hydrogens (tertiary/aromatic N) is 3. The van der Waals surface area contributed by atoms with E-state index in [4.69, 9.17) is 14.0 Å². The molecule has 1 aliphatic rings. The molecule has 27 heavy (non-hydrogen) atoms. The zero-order valence-corrected chi connectivity index (χ0v) is 15.2. The first kappa shape index (κ1) is 18.8. The van der Waals surface area contributed by atoms with Crippen molar-refractivity contribution in [2.45, 2.75) is 45.6 Å². The lowest BCUT2D eigenvalue weighted by Crippen LogP contribution is -2.31. The van der Waals surface area contributed by atoms with Crippen LogP contribution in [-0.2, 0) is 9.53 Å². The summed E-state index contributed by atoms with van der Waals surface area (Å²) in [5.74, 6) is -1.13. The number of hydrogen-bond donors (Lipinski definition) is 1. The van der Waals surface area contributed by atoms with Crippen LogP contribution in [0, 0.1) is 12.8 Å². The second kappa shape index (κ2) is 8.15. The van der Waals surface area contributed by atoms with E-state index in [0.29, 0.717) is 18.9 Å². The molecule has 0 aromatic carbocycles. The summed E-state index contributed by atoms with van der Waals surface area (Å²) >= 11 is 0. The normalized spacial score (nSPS) is 19.5. The number of aryl methyl sites for hydroxylation is 1. The molecule has 0 bridgehead atoms. The first-order valence-corrected chi connectivity index (χ1v) is 8.84. The number of carboxylic acid groups (broad SMARTS) is 1. The molecule has 0 amide bonds. The molecule has 0 saturated heterocycles. The summed E-state index contributed by atoms with van der Waals surface area (Å²) in [4.78, 5) is 31.6. The largest absolute Gasteiger partial charge is 0.477 e. The van der Waals surface area contributed by atoms with Gasteiger partial charge in [0.2, 0.25) is 11.6 Å². The fraction of sp³-hybridized carbons (Fsp3) is 0.500. The molecule has 9 heteroatoms. The summed E-state index contributed by atoms with van der Waals surface area (Å²) in [6.45, 7) is 3.70. The van der Waals surface area contributed by atoms with Crippen LogP contribution in [0.25, 0.3) is 11.5 Å². The van der Waals surface area contributed by atoms with E-state index < -0.39 is 5.97 Å². The molecule has 0 spiro atoms. The van der Waals surface area contributed by atoms with E-state index >= 15 is 0 Å². The van der Waals surface area contributed by atoms with E-state index in [1.807, 2.05) is 0 Å². The molecule has 1 aliphatic carbocycles. The Bertz CT molecular complexity index is 817. The van der Waals surface area contributed by atoms with Crippen LogP contribution in [0.1, 0.15) is 48.7 Å². The van der Waals surface area contributed by atoms with Crippen LogP contribution in [0.5, 0.6) is 5.88 Å². The Hall–Kier alpha value is -2.97. The van der Waals surface area contributed by atoms with Gasteiger partial charge in [0.05, 0.1) is 30.6 Å². The van der Waals surface area contributed by atoms with Crippen LogP contribution >= 0.6 is 0 Å². The first-order chi connectivity index (χ1) is 13.0. The zero-order chi connectivity index (χ0) is 19.4. The third-order valence-corrected chi connectivity index (χ3v) is 4.47. The molecule has 2 atom stereocenters. The van der Waals surface area contributed by atoms with Crippen LogP contribution in [-0.4, -0.2) is 44.9 Å². The third kappa shape index (κ3) is 4.24. The molecule has 1 fully saturated rings. The highest BCUT2D eigenvalue weighted by atomic mass is 16.5. The van der Waals surface area contributed by atoms with Crippen molar-refractivity contribution >= 4 is 11.9 Å². The molecule has 3 rings (SSSR count). The van der Waals surface area contributed by atoms with Crippen molar-refractivity contribution in [3.63, 3.8) is 0 Å². The summed E-state index contributed by atoms with van der Waals surface area (Å²) < 4.78 is 16.0. The average Bonchev–Trinajstić information content (AvgIpc) is 3.04. The molecule has 2 aromatic heterocycles. The highest BCUT2D eigenvalue weighted by molar-refractivity contribution is 5.94. The van der Waals surface area contributed by atoms with Crippen molar-refractivity contribution in [1.29, 1.82) is 0 Å². The molecule has 1 saturated carbocycles. The number of carbonyl (C=O) groups is 2. The molecule has 2 heterocycles. The predicted octanol–water partition coefficient (Wildman–Crippen LogP) is 2.64. The Labute approximate surface area is 155 Å². The van der Waals surface area contributed by atoms with Gasteiger partial charge in [0.1, 0.15) is 17.4 Å². The summed E-state index contributed by atoms with van der Waals surface area (Å²) in [7, 11) is 0. The maximum atomic E-state index is 11.9. The molecule has 0 aliphatic heterocycles. The minimum absolute atomic E-state index is 0.0393. The van der Waals surface area contributed by atoms with E-state index in [9.17, 15) is 14.7 Å². The number of hydrogen-bond acceptors (Lipinski definition) is 8. The number of aromatic nitrogens is 3. The Morgan fingerprint density at radius 1 is 1.30 bits per heavy atom. The van der Waals surface area contributed by atoms with Crippen LogP contribution in [0.15, 0.2) is 16.9 Å². The van der Waals surface area contributed by atoms with Crippen LogP contribution < -0.4 is 4.74 Å². The number of esters is 1. The van der Waals surface area contributed by atoms with Crippen molar-refractivity contribution in [2.75, 3.05) is 6.61 Å². The van der Waals surface area contributed by atoms with Crippen LogP contribution in [0.4, 0.5) is 0 Å². The maximum absolute atomic E-state index is 11.9. The molecular weight excluding hydrogens is 354 g/mol. The highest BCUT2D eigenvalue weighted by Gasteiger charge is 2.30. The van der Waals surface area contributed by atoms with Gasteiger partial charge in [-0.05, 0) is 39.5 Å². The lowest BCUT2D eigenvalue weighted by molar-refractivity contribution is -0.150. The lowest BCUT2D eigenvalue weighted by atomic mass is 9.87. The Morgan fingerprint density at radius 3 is 2.78 bits per heavy atom. The molecule has 0 unspecified atom stereocenters. The predicted molar refractivity (Wildman–Crippen MR) is 92.2 cm³/mol. The van der Waals surface area contributed by atoms with Gasteiger partial charge in [-0.15, -0.1) is 0 Å². The Morgan fingerprint density at radius 2 is 2.11 bits per heavy atom. The van der Waals surface area contributed by atoms with Gasteiger partial charge in [0, 0.05) is 0 Å². The topological polar surface area (TPSA) is 125 Å². The van der Waals surface area contributed by atoms with Gasteiger partial charge in [0.15, 0.2) is 0 Å². The summed E-state index contributed by atoms with van der Waals surface area (Å²) in [5.41, 5.74) is 0.489. The van der Waals surface area contributed by atoms with Crippen molar-refractivity contribution in [3.8, 4) is 17.3 Å². The Balaban J connectivity index is 1.68. The number of carbonyl (C=O) groups excluding carboxylic acids is 1. The van der Waals surface area contributed by atoms with E-state index in [1.54, 1.807) is 13.8 Å². The second-order valence-electron chi connectivity index (χ2n) is 6.37. The lowest BCUT2D eigenvalue weighted by Gasteiger charge is -2.27. The molecule has 9 nitrogen and oxygen atoms in total. The van der Waals surface area contributed by atoms with E-state index in [0.717, 1.165) is 19.3 Å². The maximum Gasteiger partial charge on any atom is 0.341 e. The molecule has 0 radical (unpaired) electrons. The molecule has 144 valence electrons. The number of ether oxygens (including phenoxy) is 2. The fourth-order valence-corrected chi connectivity index (χ4v) is 3.19. The second-order valence-corrected chi connectivity index (χ2v) is 6.37. The van der Waals surface area contributed by atoms with Gasteiger partial charge >= 0.3 is 11.9 Å². The quantitative estimate of drug-likeness (QED) is 0.758. The zero-order valence-electron chi connectivity index (χ0n) is 15.2. The van der Waals surface area contributed by atoms with Gasteiger partial charge in [-0.2, -0.15) is 0 Å². The van der Waals surface area contributed by atoms with Crippen molar-refractivity contribution in [2.24, 2.45) is 5.92 Å². The van der Waals surface area contributed by atoms with Gasteiger partial charge in [0.25, 0.3) is 0 Å². The van der Waals surface area contributed by atoms with E-state index in [2.05, 4.69) is 15.1 Å². The van der Waals surface area contributed by atoms with Crippen LogP contribution in [0.2, 0.25) is 0 Å². The minimum Gasteiger partial charge on any atom is -0.477 e. The first-order valence-electron chi connectivity index (χ1n) is 8.84. The highest BCUT2D eigenvalue weighted by Crippen LogP contribution is 2.29. The SMILES string of the molecule is CCOC(=O)[C@H]1CCC[C@H](Oc2cnc(-c3onc(C)c3C(=O)O)cn2)C1. The smallest absolute Gasteiger partial charge is 0.341 e. The van der Waals surface area contributed by atoms with Crippen molar-refractivity contribution < 1.29 is 28.7 Å². The van der Waals surface area contributed by atoms with Crippen molar-refractivity contribution in [1.82, 2.24) is 15.1 Å². The fourth-order valence-electron chi connectivity index (χ4n) is 3.19. The van der Waals surface area contributed by atoms with Gasteiger partial charge in [-0.3, -0.25) is 4.79 Å². The van der Waals surface area contributed by atoms with Crippen LogP contribution in [0.3, 0.4) is 0 Å². The van der Waals surface area contributed by atoms with Gasteiger partial charge in [-0.25, -0.2) is 14.8 Å². The molecule has 2 aromatic rings. The van der Waals surface area contributed by atoms with Crippen molar-refractivity contribution in [3.05, 3.63) is 23.7 Å². The van der Waals surface area contributed by atoms with E-state index in [-0.39, 0.29) is 40.7 Å². The minimum atomic E-state index is -1.14. The molecule has 1 N–H and O–H groups in total. The Kier molecular flexibility index (Phi) is 5.68. The number of aromatic carboxylic acids is 1. The monoisotopic (exact) mass is 375 g/mol. The summed E-state index contributed by atoms with van der Waals surface area (Å²) in [6, 6.07) is 0. The van der Waals surface area contributed by atoms with E-state index in [1.165, 1.54) is 12.4 Å². The van der Waals surface area contributed by atoms with Gasteiger partial charge in [-0.1, -0.05) is 5.16 Å². The third-order valence-electron chi connectivity index (χ3n) is 4.47.